The average Bonchev–Trinajstić information content (AvgIpc) is 2.40. The average molecular weight is 252 g/mol. The van der Waals surface area contributed by atoms with Gasteiger partial charge >= 0.3 is 0 Å². The molecule has 1 heterocycles. The molecular formula is C15H28N2O. The first kappa shape index (κ1) is 13.9. The predicted octanol–water partition coefficient (Wildman–Crippen LogP) is 2.56. The molecule has 2 rings (SSSR count). The van der Waals surface area contributed by atoms with Crippen molar-refractivity contribution in [3.05, 3.63) is 0 Å². The van der Waals surface area contributed by atoms with E-state index < -0.39 is 0 Å². The minimum Gasteiger partial charge on any atom is -0.343 e. The second-order valence-corrected chi connectivity index (χ2v) is 6.13. The molecule has 104 valence electrons. The van der Waals surface area contributed by atoms with E-state index in [4.69, 9.17) is 0 Å². The van der Waals surface area contributed by atoms with E-state index in [9.17, 15) is 4.79 Å². The van der Waals surface area contributed by atoms with Crippen molar-refractivity contribution < 1.29 is 4.79 Å². The van der Waals surface area contributed by atoms with Crippen LogP contribution in [0.15, 0.2) is 0 Å². The van der Waals surface area contributed by atoms with Crippen LogP contribution in [0.2, 0.25) is 0 Å². The van der Waals surface area contributed by atoms with Crippen molar-refractivity contribution >= 4 is 5.91 Å². The topological polar surface area (TPSA) is 32.3 Å². The Morgan fingerprint density at radius 3 is 2.28 bits per heavy atom. The first-order chi connectivity index (χ1) is 8.66. The number of nitrogens with zero attached hydrogens (tertiary/aromatic N) is 1. The fraction of sp³-hybridized carbons (Fsp3) is 0.933. The van der Waals surface area contributed by atoms with Crippen LogP contribution in [-0.2, 0) is 4.79 Å². The molecule has 0 aromatic rings. The summed E-state index contributed by atoms with van der Waals surface area (Å²) in [7, 11) is 0. The van der Waals surface area contributed by atoms with Gasteiger partial charge in [0.05, 0.1) is 0 Å². The summed E-state index contributed by atoms with van der Waals surface area (Å²) in [6, 6.07) is 1.27. The number of hydrogen-bond donors (Lipinski definition) is 1. The molecule has 1 amide bonds. The summed E-state index contributed by atoms with van der Waals surface area (Å²) >= 11 is 0. The summed E-state index contributed by atoms with van der Waals surface area (Å²) in [6.45, 7) is 5.90. The Labute approximate surface area is 111 Å². The van der Waals surface area contributed by atoms with Crippen molar-refractivity contribution in [1.29, 1.82) is 0 Å². The normalized spacial score (nSPS) is 25.1. The minimum absolute atomic E-state index is 0.230. The van der Waals surface area contributed by atoms with Gasteiger partial charge in [-0.1, -0.05) is 19.3 Å². The molecule has 1 N–H and O–H groups in total. The number of carbonyl (C=O) groups is 1. The zero-order valence-corrected chi connectivity index (χ0v) is 12.0. The largest absolute Gasteiger partial charge is 0.343 e. The molecule has 2 fully saturated rings. The van der Waals surface area contributed by atoms with E-state index in [1.165, 1.54) is 32.1 Å². The molecule has 1 aliphatic heterocycles. The SMILES string of the molecule is CC(=O)N1CCC(NC(C)C2CCCCC2)CC1. The number of piperidine rings is 1. The van der Waals surface area contributed by atoms with Gasteiger partial charge in [0.25, 0.3) is 0 Å². The lowest BCUT2D eigenvalue weighted by atomic mass is 9.84. The number of carbonyl (C=O) groups excluding carboxylic acids is 1. The van der Waals surface area contributed by atoms with Gasteiger partial charge in [-0.15, -0.1) is 0 Å². The van der Waals surface area contributed by atoms with Crippen LogP contribution in [0, 0.1) is 5.92 Å². The van der Waals surface area contributed by atoms with Crippen LogP contribution in [0.3, 0.4) is 0 Å². The monoisotopic (exact) mass is 252 g/mol. The maximum atomic E-state index is 11.3. The van der Waals surface area contributed by atoms with Crippen molar-refractivity contribution in [3.8, 4) is 0 Å². The minimum atomic E-state index is 0.230. The lowest BCUT2D eigenvalue weighted by Gasteiger charge is -2.36. The fourth-order valence-electron chi connectivity index (χ4n) is 3.50. The Hall–Kier alpha value is -0.570. The highest BCUT2D eigenvalue weighted by Crippen LogP contribution is 2.27. The summed E-state index contributed by atoms with van der Waals surface area (Å²) in [5, 5.41) is 3.81. The second-order valence-electron chi connectivity index (χ2n) is 6.13. The lowest BCUT2D eigenvalue weighted by Crippen LogP contribution is -2.48. The van der Waals surface area contributed by atoms with Crippen LogP contribution < -0.4 is 5.32 Å². The third kappa shape index (κ3) is 3.71. The molecule has 2 aliphatic rings. The Balaban J connectivity index is 1.71. The van der Waals surface area contributed by atoms with Crippen molar-refractivity contribution in [2.45, 2.75) is 70.9 Å². The fourth-order valence-corrected chi connectivity index (χ4v) is 3.50. The molecule has 3 heteroatoms. The highest BCUT2D eigenvalue weighted by atomic mass is 16.2. The number of rotatable bonds is 3. The zero-order chi connectivity index (χ0) is 13.0. The van der Waals surface area contributed by atoms with Gasteiger partial charge in [-0.05, 0) is 38.5 Å². The van der Waals surface area contributed by atoms with E-state index in [-0.39, 0.29) is 5.91 Å². The second kappa shape index (κ2) is 6.55. The van der Waals surface area contributed by atoms with Crippen LogP contribution in [0.1, 0.15) is 58.8 Å². The maximum absolute atomic E-state index is 11.3. The summed E-state index contributed by atoms with van der Waals surface area (Å²) in [5.74, 6) is 1.11. The van der Waals surface area contributed by atoms with E-state index in [0.29, 0.717) is 12.1 Å². The van der Waals surface area contributed by atoms with E-state index in [1.54, 1.807) is 6.92 Å². The van der Waals surface area contributed by atoms with E-state index in [2.05, 4.69) is 12.2 Å². The van der Waals surface area contributed by atoms with Crippen LogP contribution in [0.4, 0.5) is 0 Å². The van der Waals surface area contributed by atoms with Crippen LogP contribution in [0.5, 0.6) is 0 Å². The van der Waals surface area contributed by atoms with E-state index in [0.717, 1.165) is 31.8 Å². The smallest absolute Gasteiger partial charge is 0.219 e. The molecule has 1 aliphatic carbocycles. The molecule has 3 nitrogen and oxygen atoms in total. The van der Waals surface area contributed by atoms with E-state index in [1.807, 2.05) is 4.90 Å². The molecule has 1 saturated heterocycles. The molecule has 0 bridgehead atoms. The standard InChI is InChI=1S/C15H28N2O/c1-12(14-6-4-3-5-7-14)16-15-8-10-17(11-9-15)13(2)18/h12,14-16H,3-11H2,1-2H3. The molecule has 1 saturated carbocycles. The third-order valence-electron chi connectivity index (χ3n) is 4.80. The van der Waals surface area contributed by atoms with Crippen molar-refractivity contribution in [3.63, 3.8) is 0 Å². The van der Waals surface area contributed by atoms with Gasteiger partial charge in [-0.3, -0.25) is 4.79 Å². The van der Waals surface area contributed by atoms with Gasteiger partial charge in [-0.25, -0.2) is 0 Å². The quantitative estimate of drug-likeness (QED) is 0.837. The predicted molar refractivity (Wildman–Crippen MR) is 74.4 cm³/mol. The number of likely N-dealkylation sites (tertiary alicyclic amines) is 1. The van der Waals surface area contributed by atoms with Crippen molar-refractivity contribution in [1.82, 2.24) is 10.2 Å². The zero-order valence-electron chi connectivity index (χ0n) is 12.0. The Bertz CT molecular complexity index is 266. The summed E-state index contributed by atoms with van der Waals surface area (Å²) in [4.78, 5) is 13.3. The summed E-state index contributed by atoms with van der Waals surface area (Å²) in [6.07, 6.45) is 9.31. The van der Waals surface area contributed by atoms with Crippen molar-refractivity contribution in [2.24, 2.45) is 5.92 Å². The lowest BCUT2D eigenvalue weighted by molar-refractivity contribution is -0.129. The molecule has 0 radical (unpaired) electrons. The van der Waals surface area contributed by atoms with Gasteiger partial charge < -0.3 is 10.2 Å². The van der Waals surface area contributed by atoms with Gasteiger partial charge in [0.1, 0.15) is 0 Å². The molecular weight excluding hydrogens is 224 g/mol. The van der Waals surface area contributed by atoms with E-state index >= 15 is 0 Å². The molecule has 0 aromatic heterocycles. The van der Waals surface area contributed by atoms with Gasteiger partial charge in [0.2, 0.25) is 5.91 Å². The first-order valence-electron chi connectivity index (χ1n) is 7.68. The van der Waals surface area contributed by atoms with Gasteiger partial charge in [0.15, 0.2) is 0 Å². The third-order valence-corrected chi connectivity index (χ3v) is 4.80. The first-order valence-corrected chi connectivity index (χ1v) is 7.68. The molecule has 1 atom stereocenters. The Morgan fingerprint density at radius 2 is 1.72 bits per heavy atom. The highest BCUT2D eigenvalue weighted by Gasteiger charge is 2.25. The summed E-state index contributed by atoms with van der Waals surface area (Å²) in [5.41, 5.74) is 0. The molecule has 1 unspecified atom stereocenters. The van der Waals surface area contributed by atoms with Gasteiger partial charge in [-0.2, -0.15) is 0 Å². The maximum Gasteiger partial charge on any atom is 0.219 e. The molecule has 0 aromatic carbocycles. The van der Waals surface area contributed by atoms with Crippen LogP contribution in [-0.4, -0.2) is 36.0 Å². The Kier molecular flexibility index (Phi) is 5.04. The number of hydrogen-bond acceptors (Lipinski definition) is 2. The van der Waals surface area contributed by atoms with Crippen LogP contribution >= 0.6 is 0 Å². The molecule has 18 heavy (non-hydrogen) atoms. The Morgan fingerprint density at radius 1 is 1.11 bits per heavy atom. The number of amides is 1. The van der Waals surface area contributed by atoms with Crippen molar-refractivity contribution in [2.75, 3.05) is 13.1 Å². The number of nitrogens with one attached hydrogen (secondary N) is 1. The highest BCUT2D eigenvalue weighted by molar-refractivity contribution is 5.73. The summed E-state index contributed by atoms with van der Waals surface area (Å²) < 4.78 is 0. The van der Waals surface area contributed by atoms with Gasteiger partial charge in [0, 0.05) is 32.1 Å². The molecule has 0 spiro atoms. The van der Waals surface area contributed by atoms with Crippen LogP contribution in [0.25, 0.3) is 0 Å².